The number of carboxylic acid groups (broad SMARTS) is 1. The van der Waals surface area contributed by atoms with Crippen molar-refractivity contribution < 1.29 is 27.9 Å². The molecular weight excluding hydrogens is 375 g/mol. The lowest BCUT2D eigenvalue weighted by Gasteiger charge is -2.20. The minimum atomic E-state index is -4.89. The minimum absolute atomic E-state index is 0.0141. The van der Waals surface area contributed by atoms with Crippen molar-refractivity contribution in [1.82, 2.24) is 15.1 Å². The predicted octanol–water partition coefficient (Wildman–Crippen LogP) is 3.90. The second-order valence-electron chi connectivity index (χ2n) is 6.98. The molecule has 0 radical (unpaired) electrons. The summed E-state index contributed by atoms with van der Waals surface area (Å²) >= 11 is 0. The Morgan fingerprint density at radius 2 is 1.82 bits per heavy atom. The molecule has 9 heteroatoms. The number of nitrogens with zero attached hydrogens (tertiary/aromatic N) is 2. The van der Waals surface area contributed by atoms with Crippen molar-refractivity contribution in [2.75, 3.05) is 0 Å². The number of carbonyl (C=O) groups is 2. The van der Waals surface area contributed by atoms with Crippen molar-refractivity contribution in [3.8, 4) is 5.69 Å². The van der Waals surface area contributed by atoms with E-state index in [0.717, 1.165) is 25.7 Å². The van der Waals surface area contributed by atoms with Gasteiger partial charge in [-0.15, -0.1) is 0 Å². The molecule has 1 aliphatic carbocycles. The SMILES string of the molecule is CC(NC(=O)c1ccc(-n2ncc(C(=O)O)c2C(F)(F)F)cc1)C1CCCC1. The maximum atomic E-state index is 13.3. The number of halogens is 3. The number of nitrogens with one attached hydrogen (secondary N) is 1. The number of hydrogen-bond acceptors (Lipinski definition) is 3. The molecule has 0 aliphatic heterocycles. The predicted molar refractivity (Wildman–Crippen MR) is 94.4 cm³/mol. The van der Waals surface area contributed by atoms with E-state index >= 15 is 0 Å². The Labute approximate surface area is 159 Å². The van der Waals surface area contributed by atoms with Crippen LogP contribution in [0.4, 0.5) is 13.2 Å². The van der Waals surface area contributed by atoms with Crippen LogP contribution in [0.5, 0.6) is 0 Å². The van der Waals surface area contributed by atoms with Crippen LogP contribution < -0.4 is 5.32 Å². The molecule has 0 saturated heterocycles. The van der Waals surface area contributed by atoms with Crippen LogP contribution in [-0.4, -0.2) is 32.8 Å². The van der Waals surface area contributed by atoms with Gasteiger partial charge < -0.3 is 10.4 Å². The molecule has 2 aromatic rings. The summed E-state index contributed by atoms with van der Waals surface area (Å²) in [5.74, 6) is -1.57. The number of benzene rings is 1. The highest BCUT2D eigenvalue weighted by Crippen LogP contribution is 2.33. The van der Waals surface area contributed by atoms with Crippen molar-refractivity contribution in [2.24, 2.45) is 5.92 Å². The Hall–Kier alpha value is -2.84. The van der Waals surface area contributed by atoms with Crippen LogP contribution in [0.15, 0.2) is 30.5 Å². The molecule has 1 saturated carbocycles. The third kappa shape index (κ3) is 4.02. The molecule has 1 amide bonds. The number of rotatable bonds is 5. The number of carbonyl (C=O) groups excluding carboxylic acids is 1. The van der Waals surface area contributed by atoms with Crippen molar-refractivity contribution in [3.05, 3.63) is 47.3 Å². The zero-order valence-corrected chi connectivity index (χ0v) is 15.2. The molecule has 1 aromatic heterocycles. The van der Waals surface area contributed by atoms with Gasteiger partial charge in [0.05, 0.1) is 11.9 Å². The Morgan fingerprint density at radius 3 is 2.36 bits per heavy atom. The van der Waals surface area contributed by atoms with Crippen LogP contribution in [0.3, 0.4) is 0 Å². The first-order chi connectivity index (χ1) is 13.2. The molecule has 150 valence electrons. The fourth-order valence-electron chi connectivity index (χ4n) is 3.59. The summed E-state index contributed by atoms with van der Waals surface area (Å²) in [6.07, 6.45) is 0.232. The third-order valence-electron chi connectivity index (χ3n) is 5.11. The highest BCUT2D eigenvalue weighted by atomic mass is 19.4. The number of aromatic nitrogens is 2. The van der Waals surface area contributed by atoms with E-state index in [4.69, 9.17) is 5.11 Å². The normalized spacial score (nSPS) is 16.1. The highest BCUT2D eigenvalue weighted by molar-refractivity contribution is 5.94. The average molecular weight is 395 g/mol. The molecular formula is C19H20F3N3O3. The molecule has 3 rings (SSSR count). The largest absolute Gasteiger partial charge is 0.478 e. The standard InChI is InChI=1S/C19H20F3N3O3/c1-11(12-4-2-3-5-12)24-17(26)13-6-8-14(9-7-13)25-16(19(20,21)22)15(10-23-25)18(27)28/h6-12H,2-5H2,1H3,(H,24,26)(H,27,28). The van der Waals surface area contributed by atoms with Gasteiger partial charge >= 0.3 is 12.1 Å². The first kappa shape index (κ1) is 19.9. The summed E-state index contributed by atoms with van der Waals surface area (Å²) in [5.41, 5.74) is -1.97. The summed E-state index contributed by atoms with van der Waals surface area (Å²) in [7, 11) is 0. The molecule has 2 N–H and O–H groups in total. The summed E-state index contributed by atoms with van der Waals surface area (Å²) in [6.45, 7) is 1.95. The molecule has 6 nitrogen and oxygen atoms in total. The van der Waals surface area contributed by atoms with Gasteiger partial charge in [-0.1, -0.05) is 12.8 Å². The number of hydrogen-bond donors (Lipinski definition) is 2. The lowest BCUT2D eigenvalue weighted by atomic mass is 9.99. The second-order valence-corrected chi connectivity index (χ2v) is 6.98. The molecule has 0 spiro atoms. The van der Waals surface area contributed by atoms with Crippen LogP contribution in [0.25, 0.3) is 5.69 Å². The van der Waals surface area contributed by atoms with Crippen molar-refractivity contribution in [1.29, 1.82) is 0 Å². The number of aromatic carboxylic acids is 1. The fraction of sp³-hybridized carbons (Fsp3) is 0.421. The van der Waals surface area contributed by atoms with Gasteiger partial charge in [0.25, 0.3) is 5.91 Å². The van der Waals surface area contributed by atoms with E-state index < -0.39 is 23.4 Å². The van der Waals surface area contributed by atoms with Crippen LogP contribution in [0, 0.1) is 5.92 Å². The molecule has 0 bridgehead atoms. The molecule has 1 heterocycles. The quantitative estimate of drug-likeness (QED) is 0.804. The molecule has 28 heavy (non-hydrogen) atoms. The fourth-order valence-corrected chi connectivity index (χ4v) is 3.59. The van der Waals surface area contributed by atoms with Crippen molar-refractivity contribution >= 4 is 11.9 Å². The Morgan fingerprint density at radius 1 is 1.21 bits per heavy atom. The third-order valence-corrected chi connectivity index (χ3v) is 5.11. The topological polar surface area (TPSA) is 84.2 Å². The zero-order chi connectivity index (χ0) is 20.5. The molecule has 1 aromatic carbocycles. The number of carboxylic acids is 1. The molecule has 1 fully saturated rings. The van der Waals surface area contributed by atoms with E-state index in [1.807, 2.05) is 6.92 Å². The molecule has 1 atom stereocenters. The molecule has 1 aliphatic rings. The van der Waals surface area contributed by atoms with Gasteiger partial charge in [0.15, 0.2) is 5.69 Å². The van der Waals surface area contributed by atoms with E-state index in [2.05, 4.69) is 10.4 Å². The van der Waals surface area contributed by atoms with Gasteiger partial charge in [-0.3, -0.25) is 4.79 Å². The van der Waals surface area contributed by atoms with Gasteiger partial charge in [-0.25, -0.2) is 9.48 Å². The van der Waals surface area contributed by atoms with E-state index in [-0.39, 0.29) is 17.6 Å². The summed E-state index contributed by atoms with van der Waals surface area (Å²) in [5, 5.41) is 15.5. The maximum absolute atomic E-state index is 13.3. The summed E-state index contributed by atoms with van der Waals surface area (Å²) < 4.78 is 40.4. The van der Waals surface area contributed by atoms with E-state index in [9.17, 15) is 22.8 Å². The lowest BCUT2D eigenvalue weighted by Crippen LogP contribution is -2.37. The first-order valence-corrected chi connectivity index (χ1v) is 8.98. The van der Waals surface area contributed by atoms with Gasteiger partial charge in [-0.2, -0.15) is 18.3 Å². The molecule has 1 unspecified atom stereocenters. The van der Waals surface area contributed by atoms with Crippen LogP contribution in [-0.2, 0) is 6.18 Å². The van der Waals surface area contributed by atoms with Gasteiger partial charge in [-0.05, 0) is 49.9 Å². The zero-order valence-electron chi connectivity index (χ0n) is 15.2. The Bertz CT molecular complexity index is 869. The van der Waals surface area contributed by atoms with Crippen LogP contribution in [0.2, 0.25) is 0 Å². The van der Waals surface area contributed by atoms with Crippen LogP contribution >= 0.6 is 0 Å². The first-order valence-electron chi connectivity index (χ1n) is 8.98. The number of amides is 1. The Kier molecular flexibility index (Phi) is 5.44. The Balaban J connectivity index is 1.81. The van der Waals surface area contributed by atoms with Crippen molar-refractivity contribution in [3.63, 3.8) is 0 Å². The van der Waals surface area contributed by atoms with Crippen molar-refractivity contribution in [2.45, 2.75) is 44.8 Å². The van der Waals surface area contributed by atoms with E-state index in [1.54, 1.807) is 0 Å². The average Bonchev–Trinajstić information content (AvgIpc) is 3.31. The van der Waals surface area contributed by atoms with Crippen LogP contribution in [0.1, 0.15) is 59.0 Å². The lowest BCUT2D eigenvalue weighted by molar-refractivity contribution is -0.143. The van der Waals surface area contributed by atoms with E-state index in [1.165, 1.54) is 24.3 Å². The monoisotopic (exact) mass is 395 g/mol. The summed E-state index contributed by atoms with van der Waals surface area (Å²) in [4.78, 5) is 23.4. The summed E-state index contributed by atoms with van der Waals surface area (Å²) in [6, 6.07) is 5.44. The van der Waals surface area contributed by atoms with Gasteiger partial charge in [0, 0.05) is 11.6 Å². The number of alkyl halides is 3. The minimum Gasteiger partial charge on any atom is -0.478 e. The maximum Gasteiger partial charge on any atom is 0.434 e. The highest BCUT2D eigenvalue weighted by Gasteiger charge is 2.40. The smallest absolute Gasteiger partial charge is 0.434 e. The second kappa shape index (κ2) is 7.65. The van der Waals surface area contributed by atoms with E-state index in [0.29, 0.717) is 22.4 Å². The van der Waals surface area contributed by atoms with Gasteiger partial charge in [0.2, 0.25) is 0 Å². The van der Waals surface area contributed by atoms with Gasteiger partial charge in [0.1, 0.15) is 5.56 Å².